The van der Waals surface area contributed by atoms with Crippen molar-refractivity contribution < 1.29 is 51.0 Å². The Morgan fingerprint density at radius 1 is 0.645 bits per heavy atom. The number of halogens is 2. The molecule has 165 valence electrons. The van der Waals surface area contributed by atoms with Crippen LogP contribution in [0.2, 0.25) is 6.55 Å². The number of rotatable bonds is 3. The van der Waals surface area contributed by atoms with E-state index >= 15 is 0 Å². The van der Waals surface area contributed by atoms with E-state index in [9.17, 15) is 0 Å². The van der Waals surface area contributed by atoms with Crippen molar-refractivity contribution in [3.8, 4) is 0 Å². The maximum atomic E-state index is 2.97. The third-order valence-electron chi connectivity index (χ3n) is 4.48. The Hall–Kier alpha value is -0.660. The van der Waals surface area contributed by atoms with Gasteiger partial charge in [0.25, 0.3) is 0 Å². The molecule has 0 spiro atoms. The predicted molar refractivity (Wildman–Crippen MR) is 130 cm³/mol. The number of fused-ring (bicyclic) bond motifs is 2. The molecule has 0 amide bonds. The van der Waals surface area contributed by atoms with Crippen LogP contribution < -0.4 is 24.8 Å². The van der Waals surface area contributed by atoms with Gasteiger partial charge < -0.3 is 24.8 Å². The van der Waals surface area contributed by atoms with Gasteiger partial charge in [0.2, 0.25) is 0 Å². The molecule has 0 unspecified atom stereocenters. The molecule has 0 heterocycles. The van der Waals surface area contributed by atoms with Gasteiger partial charge in [-0.1, -0.05) is 72.1 Å². The molecule has 4 aromatic rings. The van der Waals surface area contributed by atoms with Gasteiger partial charge >= 0.3 is 26.2 Å². The minimum Gasteiger partial charge on any atom is -1.00 e. The Morgan fingerprint density at radius 2 is 0.968 bits per heavy atom. The second-order valence-electron chi connectivity index (χ2n) is 7.03. The summed E-state index contributed by atoms with van der Waals surface area (Å²) in [5, 5.41) is 5.39. The summed E-state index contributed by atoms with van der Waals surface area (Å²) < 4.78 is 0. The Balaban J connectivity index is -0.000000359. The Kier molecular flexibility index (Phi) is 23.9. The summed E-state index contributed by atoms with van der Waals surface area (Å²) in [7, 11) is 2.97. The average molecular weight is 550 g/mol. The first kappa shape index (κ1) is 34.9. The molecule has 0 fully saturated rings. The van der Waals surface area contributed by atoms with E-state index in [-0.39, 0.29) is 51.0 Å². The molecule has 0 aromatic heterocycles. The molecule has 0 nitrogen and oxygen atoms in total. The maximum absolute atomic E-state index is 2.97. The van der Waals surface area contributed by atoms with Crippen molar-refractivity contribution in [2.24, 2.45) is 0 Å². The molecule has 0 aliphatic carbocycles. The van der Waals surface area contributed by atoms with Crippen LogP contribution in [0.4, 0.5) is 0 Å². The van der Waals surface area contributed by atoms with Gasteiger partial charge in [-0.05, 0) is 0 Å². The van der Waals surface area contributed by atoms with Crippen LogP contribution in [0.25, 0.3) is 21.5 Å². The molecule has 4 rings (SSSR count). The summed E-state index contributed by atoms with van der Waals surface area (Å²) in [4.78, 5) is 0. The molecule has 4 aromatic carbocycles. The van der Waals surface area contributed by atoms with Crippen LogP contribution in [0.15, 0.2) is 72.8 Å². The maximum Gasteiger partial charge on any atom is 4.00 e. The van der Waals surface area contributed by atoms with Crippen LogP contribution in [0.1, 0.15) is 50.7 Å². The molecular formula is C27H35Cl2SiZr. The fourth-order valence-electron chi connectivity index (χ4n) is 3.11. The van der Waals surface area contributed by atoms with Gasteiger partial charge in [0.1, 0.15) is 0 Å². The van der Waals surface area contributed by atoms with Crippen LogP contribution in [0, 0.1) is 13.8 Å². The summed E-state index contributed by atoms with van der Waals surface area (Å²) in [5.41, 5.74) is 2.70. The largest absolute Gasteiger partial charge is 4.00 e. The van der Waals surface area contributed by atoms with Gasteiger partial charge in [0.05, 0.1) is 0 Å². The number of benzene rings is 2. The second kappa shape index (κ2) is 21.2. The number of unbranched alkanes of at least 4 members (excludes halogenated alkanes) is 3. The second-order valence-corrected chi connectivity index (χ2v) is 7.03. The molecule has 4 heteroatoms. The number of aryl methyl sites for hydroxylation is 2. The summed E-state index contributed by atoms with van der Waals surface area (Å²) in [6.07, 6.45) is 5.54. The van der Waals surface area contributed by atoms with Crippen molar-refractivity contribution in [1.82, 2.24) is 0 Å². The Labute approximate surface area is 225 Å². The van der Waals surface area contributed by atoms with Crippen LogP contribution in [-0.4, -0.2) is 10.2 Å². The third kappa shape index (κ3) is 13.5. The smallest absolute Gasteiger partial charge is 1.00 e. The molecule has 0 N–H and O–H groups in total. The van der Waals surface area contributed by atoms with Gasteiger partial charge in [-0.3, -0.25) is 0 Å². The molecule has 0 aliphatic rings. The normalized spacial score (nSPS) is 8.71. The first-order valence-electron chi connectivity index (χ1n) is 10.4. The summed E-state index contributed by atoms with van der Waals surface area (Å²) >= 11 is 0. The molecule has 0 saturated heterocycles. The van der Waals surface area contributed by atoms with Crippen LogP contribution in [-0.2, 0) is 26.2 Å². The van der Waals surface area contributed by atoms with Gasteiger partial charge in [0, 0.05) is 10.2 Å². The van der Waals surface area contributed by atoms with Crippen molar-refractivity contribution in [3.63, 3.8) is 0 Å². The van der Waals surface area contributed by atoms with Crippen LogP contribution in [0.3, 0.4) is 0 Å². The van der Waals surface area contributed by atoms with Crippen molar-refractivity contribution in [2.45, 2.75) is 59.9 Å². The molecule has 0 atom stereocenters. The quantitative estimate of drug-likeness (QED) is 0.209. The van der Waals surface area contributed by atoms with Gasteiger partial charge in [-0.25, -0.2) is 0 Å². The van der Waals surface area contributed by atoms with Crippen LogP contribution in [0.5, 0.6) is 0 Å². The average Bonchev–Trinajstić information content (AvgIpc) is 3.29. The van der Waals surface area contributed by atoms with E-state index in [0.717, 1.165) is 0 Å². The third-order valence-corrected chi connectivity index (χ3v) is 4.48. The summed E-state index contributed by atoms with van der Waals surface area (Å²) in [6, 6.07) is 25.7. The minimum absolute atomic E-state index is 0. The van der Waals surface area contributed by atoms with Gasteiger partial charge in [0.15, 0.2) is 0 Å². The Morgan fingerprint density at radius 3 is 1.26 bits per heavy atom. The van der Waals surface area contributed by atoms with Crippen molar-refractivity contribution in [1.29, 1.82) is 0 Å². The van der Waals surface area contributed by atoms with Gasteiger partial charge in [-0.15, -0.1) is 81.2 Å². The summed E-state index contributed by atoms with van der Waals surface area (Å²) in [5.74, 6) is 0. The standard InChI is InChI=1S/2C10H9.C6H14.CH3Si.2ClH.Zr/c2*1-8-6-9-4-2-3-5-10(9)7-8;1-3-5-6-4-2;1-2;;;/h2*2-7H,1H3;3-6H2,1-2H3;1H3;2*1H;/q2*-1;;;;;+4/p-2. The van der Waals surface area contributed by atoms with E-state index in [1.165, 1.54) is 58.4 Å². The Bertz CT molecular complexity index is 770. The zero-order valence-electron chi connectivity index (χ0n) is 19.5. The van der Waals surface area contributed by atoms with Crippen molar-refractivity contribution >= 4 is 31.8 Å². The molecule has 3 radical (unpaired) electrons. The molecule has 31 heavy (non-hydrogen) atoms. The van der Waals surface area contributed by atoms with E-state index < -0.39 is 0 Å². The van der Waals surface area contributed by atoms with E-state index in [1.807, 2.05) is 0 Å². The van der Waals surface area contributed by atoms with E-state index in [2.05, 4.69) is 111 Å². The topological polar surface area (TPSA) is 0 Å². The first-order valence-corrected chi connectivity index (χ1v) is 11.4. The monoisotopic (exact) mass is 547 g/mol. The van der Waals surface area contributed by atoms with E-state index in [1.54, 1.807) is 6.55 Å². The fourth-order valence-corrected chi connectivity index (χ4v) is 3.11. The van der Waals surface area contributed by atoms with E-state index in [4.69, 9.17) is 0 Å². The molecule has 0 saturated carbocycles. The van der Waals surface area contributed by atoms with Crippen molar-refractivity contribution in [3.05, 3.63) is 83.9 Å². The van der Waals surface area contributed by atoms with Crippen molar-refractivity contribution in [2.75, 3.05) is 0 Å². The predicted octanol–water partition coefficient (Wildman–Crippen LogP) is 2.53. The van der Waals surface area contributed by atoms with Gasteiger partial charge in [-0.2, -0.15) is 12.1 Å². The molecule has 0 aliphatic heterocycles. The van der Waals surface area contributed by atoms with E-state index in [0.29, 0.717) is 0 Å². The first-order chi connectivity index (χ1) is 13.6. The number of hydrogen-bond donors (Lipinski definition) is 0. The zero-order valence-corrected chi connectivity index (χ0v) is 24.5. The minimum atomic E-state index is 0. The SMILES string of the molecule is CCCCCC.C[Si].Cc1cc2ccccc2[cH-]1.Cc1cc2ccccc2[cH-]1.[Cl-].[Cl-].[Zr+4]. The fraction of sp³-hybridized carbons (Fsp3) is 0.333. The zero-order chi connectivity index (χ0) is 20.8. The molecule has 0 bridgehead atoms. The molecular weight excluding hydrogens is 515 g/mol. The van der Waals surface area contributed by atoms with Crippen LogP contribution >= 0.6 is 0 Å². The number of hydrogen-bond acceptors (Lipinski definition) is 0. The summed E-state index contributed by atoms with van der Waals surface area (Å²) in [6.45, 7) is 10.5.